The fourth-order valence-corrected chi connectivity index (χ4v) is 6.94. The lowest BCUT2D eigenvalue weighted by Crippen LogP contribution is -2.37. The quantitative estimate of drug-likeness (QED) is 0.344. The number of thiazole rings is 1. The number of piperidine rings is 1. The first-order chi connectivity index (χ1) is 18.3. The average molecular weight is 550 g/mol. The zero-order valence-corrected chi connectivity index (χ0v) is 21.7. The lowest BCUT2D eigenvalue weighted by molar-refractivity contribution is -0.187. The van der Waals surface area contributed by atoms with Crippen molar-refractivity contribution >= 4 is 32.7 Å². The van der Waals surface area contributed by atoms with Crippen LogP contribution in [0, 0.1) is 5.92 Å². The molecule has 0 unspecified atom stereocenters. The van der Waals surface area contributed by atoms with Gasteiger partial charge in [-0.15, -0.1) is 0 Å². The number of benzene rings is 1. The van der Waals surface area contributed by atoms with Gasteiger partial charge >= 0.3 is 12.1 Å². The van der Waals surface area contributed by atoms with Gasteiger partial charge in [-0.2, -0.15) is 13.2 Å². The summed E-state index contributed by atoms with van der Waals surface area (Å²) in [6.45, 7) is 1.71. The maximum Gasteiger partial charge on any atom is 0.392 e. The van der Waals surface area contributed by atoms with Gasteiger partial charge in [-0.1, -0.05) is 29.3 Å². The molecular weight excluding hydrogens is 519 g/mol. The lowest BCUT2D eigenvalue weighted by Gasteiger charge is -2.33. The number of rotatable bonds is 7. The van der Waals surface area contributed by atoms with Crippen molar-refractivity contribution in [3.8, 4) is 0 Å². The van der Waals surface area contributed by atoms with Crippen LogP contribution in [0.1, 0.15) is 90.6 Å². The van der Waals surface area contributed by atoms with Gasteiger partial charge < -0.3 is 19.3 Å². The topological polar surface area (TPSA) is 88.7 Å². The Labute approximate surface area is 222 Å². The first-order valence-electron chi connectivity index (χ1n) is 13.3. The van der Waals surface area contributed by atoms with E-state index in [-0.39, 0.29) is 30.6 Å². The predicted octanol–water partition coefficient (Wildman–Crippen LogP) is 6.88. The zero-order valence-electron chi connectivity index (χ0n) is 20.9. The van der Waals surface area contributed by atoms with Gasteiger partial charge in [0, 0.05) is 30.5 Å². The molecule has 204 valence electrons. The van der Waals surface area contributed by atoms with Crippen molar-refractivity contribution in [2.24, 2.45) is 5.92 Å². The van der Waals surface area contributed by atoms with Crippen molar-refractivity contribution in [3.05, 3.63) is 40.8 Å². The molecule has 2 atom stereocenters. The number of aromatic nitrogens is 2. The number of alkyl halides is 3. The molecule has 1 saturated heterocycles. The van der Waals surface area contributed by atoms with Crippen LogP contribution < -0.4 is 4.90 Å². The Morgan fingerprint density at radius 1 is 1.13 bits per heavy atom. The number of carbonyl (C=O) groups is 1. The number of aromatic carboxylic acids is 1. The number of nitrogens with zero attached hydrogens (tertiary/aromatic N) is 3. The molecule has 3 aliphatic rings. The number of ether oxygens (including phenoxy) is 1. The van der Waals surface area contributed by atoms with Crippen molar-refractivity contribution in [2.45, 2.75) is 82.1 Å². The number of carboxylic acids is 1. The van der Waals surface area contributed by atoms with E-state index < -0.39 is 24.0 Å². The van der Waals surface area contributed by atoms with Crippen LogP contribution in [-0.4, -0.2) is 46.6 Å². The second-order valence-electron chi connectivity index (χ2n) is 10.7. The minimum absolute atomic E-state index is 0.0150. The summed E-state index contributed by atoms with van der Waals surface area (Å²) in [5.41, 5.74) is 2.23. The van der Waals surface area contributed by atoms with Crippen LogP contribution in [0.25, 0.3) is 10.2 Å². The second-order valence-corrected chi connectivity index (χ2v) is 11.7. The molecule has 11 heteroatoms. The van der Waals surface area contributed by atoms with Gasteiger partial charge in [-0.3, -0.25) is 0 Å². The maximum absolute atomic E-state index is 13.8. The van der Waals surface area contributed by atoms with Gasteiger partial charge in [-0.05, 0) is 56.7 Å². The Kier molecular flexibility index (Phi) is 6.84. The first-order valence-corrected chi connectivity index (χ1v) is 14.1. The lowest BCUT2D eigenvalue weighted by atomic mass is 9.76. The Hall–Kier alpha value is -2.66. The maximum atomic E-state index is 13.8. The molecule has 1 aromatic carbocycles. The summed E-state index contributed by atoms with van der Waals surface area (Å²) in [5, 5.41) is 14.3. The summed E-state index contributed by atoms with van der Waals surface area (Å²) in [6, 6.07) is 4.95. The van der Waals surface area contributed by atoms with Crippen LogP contribution >= 0.6 is 11.3 Å². The standard InChI is InChI=1S/C27H30F3N3O4S/c28-27(29,30)20-4-2-1-3-18(20)23-19(24(37-32-23)15-5-6-15)14-36-17-9-11-33(12-10-17)26-31-21-8-7-16(25(34)35)13-22(21)38-26/h7-8,13,15,17-18,20H,1-6,9-12,14H2,(H,34,35)/t18-,20-/m0/s1. The molecule has 3 fully saturated rings. The van der Waals surface area contributed by atoms with E-state index in [0.717, 1.165) is 71.9 Å². The van der Waals surface area contributed by atoms with Gasteiger partial charge in [0.2, 0.25) is 0 Å². The summed E-state index contributed by atoms with van der Waals surface area (Å²) in [6.07, 6.45) is 1.20. The van der Waals surface area contributed by atoms with E-state index >= 15 is 0 Å². The van der Waals surface area contributed by atoms with Crippen LogP contribution in [0.5, 0.6) is 0 Å². The number of carboxylic acid groups (broad SMARTS) is 1. The van der Waals surface area contributed by atoms with Crippen LogP contribution in [0.15, 0.2) is 22.7 Å². The van der Waals surface area contributed by atoms with E-state index in [2.05, 4.69) is 15.0 Å². The van der Waals surface area contributed by atoms with Crippen molar-refractivity contribution in [1.29, 1.82) is 0 Å². The molecule has 0 amide bonds. The van der Waals surface area contributed by atoms with E-state index in [4.69, 9.17) is 9.26 Å². The summed E-state index contributed by atoms with van der Waals surface area (Å²) >= 11 is 1.48. The molecular formula is C27H30F3N3O4S. The predicted molar refractivity (Wildman–Crippen MR) is 136 cm³/mol. The van der Waals surface area contributed by atoms with E-state index in [1.807, 2.05) is 0 Å². The highest BCUT2D eigenvalue weighted by molar-refractivity contribution is 7.22. The zero-order chi connectivity index (χ0) is 26.4. The van der Waals surface area contributed by atoms with Crippen LogP contribution in [-0.2, 0) is 11.3 Å². The molecule has 2 aliphatic carbocycles. The summed E-state index contributed by atoms with van der Waals surface area (Å²) in [5.74, 6) is -2.04. The van der Waals surface area contributed by atoms with Gasteiger partial charge in [0.25, 0.3) is 0 Å². The minimum Gasteiger partial charge on any atom is -0.478 e. The number of halogens is 3. The molecule has 3 aromatic rings. The molecule has 38 heavy (non-hydrogen) atoms. The normalized spacial score (nSPS) is 23.3. The van der Waals surface area contributed by atoms with Crippen LogP contribution in [0.2, 0.25) is 0 Å². The Morgan fingerprint density at radius 3 is 2.61 bits per heavy atom. The molecule has 0 bridgehead atoms. The molecule has 3 heterocycles. The molecule has 2 aromatic heterocycles. The number of fused-ring (bicyclic) bond motifs is 1. The smallest absolute Gasteiger partial charge is 0.392 e. The van der Waals surface area contributed by atoms with Crippen molar-refractivity contribution < 1.29 is 32.3 Å². The average Bonchev–Trinajstić information content (AvgIpc) is 3.51. The fraction of sp³-hybridized carbons (Fsp3) is 0.593. The highest BCUT2D eigenvalue weighted by Crippen LogP contribution is 2.50. The van der Waals surface area contributed by atoms with Gasteiger partial charge in [0.15, 0.2) is 5.13 Å². The molecule has 0 spiro atoms. The fourth-order valence-electron chi connectivity index (χ4n) is 5.88. The SMILES string of the molecule is O=C(O)c1ccc2nc(N3CCC(OCc4c([C@H]5CCCC[C@@H]5C(F)(F)F)noc4C4CC4)CC3)sc2c1. The Morgan fingerprint density at radius 2 is 1.89 bits per heavy atom. The minimum atomic E-state index is -4.25. The third-order valence-electron chi connectivity index (χ3n) is 8.13. The largest absolute Gasteiger partial charge is 0.478 e. The van der Waals surface area contributed by atoms with Gasteiger partial charge in [-0.25, -0.2) is 9.78 Å². The third-order valence-corrected chi connectivity index (χ3v) is 9.21. The van der Waals surface area contributed by atoms with Crippen molar-refractivity contribution in [1.82, 2.24) is 10.1 Å². The molecule has 1 N–H and O–H groups in total. The van der Waals surface area contributed by atoms with E-state index in [1.165, 1.54) is 11.3 Å². The van der Waals surface area contributed by atoms with Crippen molar-refractivity contribution in [3.63, 3.8) is 0 Å². The van der Waals surface area contributed by atoms with Crippen LogP contribution in [0.3, 0.4) is 0 Å². The Bertz CT molecular complexity index is 1310. The third kappa shape index (κ3) is 5.14. The molecule has 0 radical (unpaired) electrons. The number of anilines is 1. The second kappa shape index (κ2) is 10.1. The van der Waals surface area contributed by atoms with E-state index in [1.54, 1.807) is 18.2 Å². The van der Waals surface area contributed by atoms with Gasteiger partial charge in [0.05, 0.1) is 40.1 Å². The van der Waals surface area contributed by atoms with Crippen LogP contribution in [0.4, 0.5) is 18.3 Å². The van der Waals surface area contributed by atoms with Crippen molar-refractivity contribution in [2.75, 3.05) is 18.0 Å². The van der Waals surface area contributed by atoms with E-state index in [9.17, 15) is 23.1 Å². The highest BCUT2D eigenvalue weighted by Gasteiger charge is 2.48. The summed E-state index contributed by atoms with van der Waals surface area (Å²) < 4.78 is 54.3. The monoisotopic (exact) mass is 549 g/mol. The molecule has 7 nitrogen and oxygen atoms in total. The molecule has 2 saturated carbocycles. The first kappa shape index (κ1) is 25.6. The van der Waals surface area contributed by atoms with Gasteiger partial charge in [0.1, 0.15) is 5.76 Å². The van der Waals surface area contributed by atoms with E-state index in [0.29, 0.717) is 18.5 Å². The highest BCUT2D eigenvalue weighted by atomic mass is 32.1. The number of hydrogen-bond donors (Lipinski definition) is 1. The Balaban J connectivity index is 1.12. The summed E-state index contributed by atoms with van der Waals surface area (Å²) in [7, 11) is 0. The molecule has 6 rings (SSSR count). The summed E-state index contributed by atoms with van der Waals surface area (Å²) in [4.78, 5) is 18.1. The number of hydrogen-bond acceptors (Lipinski definition) is 7. The molecule has 1 aliphatic heterocycles.